The summed E-state index contributed by atoms with van der Waals surface area (Å²) in [6.45, 7) is 1.96. The van der Waals surface area contributed by atoms with Gasteiger partial charge in [0.1, 0.15) is 12.3 Å². The van der Waals surface area contributed by atoms with E-state index in [9.17, 15) is 37.5 Å². The van der Waals surface area contributed by atoms with Gasteiger partial charge in [-0.3, -0.25) is 14.4 Å². The first-order chi connectivity index (χ1) is 28.6. The van der Waals surface area contributed by atoms with Gasteiger partial charge in [0.2, 0.25) is 11.7 Å². The minimum atomic E-state index is -4.63. The number of aromatic hydroxyl groups is 1. The number of alkyl halides is 3. The first-order valence-corrected chi connectivity index (χ1v) is 19.9. The maximum absolute atomic E-state index is 14.7. The zero-order chi connectivity index (χ0) is 42.5. The van der Waals surface area contributed by atoms with Crippen molar-refractivity contribution in [3.05, 3.63) is 104 Å². The topological polar surface area (TPSA) is 170 Å². The molecule has 2 aromatic carbocycles. The lowest BCUT2D eigenvalue weighted by molar-refractivity contribution is -0.137. The highest BCUT2D eigenvalue weighted by Gasteiger charge is 2.45. The fraction of sp³-hybridized carbons (Fsp3) is 0.390. The van der Waals surface area contributed by atoms with Gasteiger partial charge in [0.05, 0.1) is 22.3 Å². The lowest BCUT2D eigenvalue weighted by Gasteiger charge is -2.45. The Morgan fingerprint density at radius 1 is 1.05 bits per heavy atom. The zero-order valence-electron chi connectivity index (χ0n) is 32.8. The van der Waals surface area contributed by atoms with E-state index >= 15 is 0 Å². The number of hydrogen-bond donors (Lipinski definition) is 3. The van der Waals surface area contributed by atoms with E-state index in [4.69, 9.17) is 21.7 Å². The van der Waals surface area contributed by atoms with Crippen LogP contribution in [0.3, 0.4) is 0 Å². The van der Waals surface area contributed by atoms with E-state index in [0.29, 0.717) is 68.6 Å². The van der Waals surface area contributed by atoms with Crippen LogP contribution in [0.4, 0.5) is 23.7 Å². The van der Waals surface area contributed by atoms with Crippen molar-refractivity contribution >= 4 is 40.9 Å². The molecule has 314 valence electrons. The van der Waals surface area contributed by atoms with Crippen molar-refractivity contribution in [1.82, 2.24) is 44.2 Å². The van der Waals surface area contributed by atoms with E-state index in [1.165, 1.54) is 22.8 Å². The van der Waals surface area contributed by atoms with Gasteiger partial charge < -0.3 is 35.0 Å². The van der Waals surface area contributed by atoms with Crippen molar-refractivity contribution in [3.8, 4) is 17.1 Å². The number of pyridine rings is 1. The van der Waals surface area contributed by atoms with E-state index in [0.717, 1.165) is 23.8 Å². The standard InChI is InChI=1S/C41H42ClF3N10O5/c1-51(2)39(60)53-20-17-46-22-30(53)24-7-9-25(10-8-24)35-49-38-54(23-32(57)48-28-12-11-26(21-27(28)42)41(43,44)45)29-5-3-13-40(33(29)36(58)55(38)50-35)14-18-52(19-15-40)37(59)34-31(56)6-4-16-47-34/h4,6-12,16,21,30,46,56H,3,5,13-15,17-20,22-23H2,1-2H3,(H,48,57). The van der Waals surface area contributed by atoms with Gasteiger partial charge in [-0.1, -0.05) is 35.9 Å². The number of nitrogens with one attached hydrogen (secondary N) is 2. The Labute approximate surface area is 346 Å². The molecule has 0 saturated carbocycles. The monoisotopic (exact) mass is 846 g/mol. The molecular formula is C41H42ClF3N10O5. The number of nitrogens with zero attached hydrogens (tertiary/aromatic N) is 8. The van der Waals surface area contributed by atoms with Crippen LogP contribution in [-0.4, -0.2) is 109 Å². The van der Waals surface area contributed by atoms with Crippen LogP contribution in [0.2, 0.25) is 5.02 Å². The van der Waals surface area contributed by atoms with Crippen LogP contribution in [-0.2, 0) is 29.4 Å². The van der Waals surface area contributed by atoms with Crippen LogP contribution >= 0.6 is 11.6 Å². The molecule has 2 fully saturated rings. The molecule has 8 rings (SSSR count). The summed E-state index contributed by atoms with van der Waals surface area (Å²) in [5.74, 6) is -0.953. The summed E-state index contributed by atoms with van der Waals surface area (Å²) in [5, 5.41) is 20.7. The number of halogens is 4. The number of likely N-dealkylation sites (tertiary alicyclic amines) is 1. The fourth-order valence-corrected chi connectivity index (χ4v) is 8.95. The molecule has 15 nitrogen and oxygen atoms in total. The molecule has 60 heavy (non-hydrogen) atoms. The number of piperidine rings is 1. The number of piperazine rings is 1. The number of urea groups is 1. The molecule has 1 atom stereocenters. The second-order valence-corrected chi connectivity index (χ2v) is 16.0. The van der Waals surface area contributed by atoms with Crippen LogP contribution in [0.1, 0.15) is 64.6 Å². The summed E-state index contributed by atoms with van der Waals surface area (Å²) in [4.78, 5) is 68.8. The highest BCUT2D eigenvalue weighted by atomic mass is 35.5. The normalized spacial score (nSPS) is 17.7. The summed E-state index contributed by atoms with van der Waals surface area (Å²) in [6, 6.07) is 12.7. The van der Waals surface area contributed by atoms with Crippen LogP contribution < -0.4 is 16.2 Å². The third kappa shape index (κ3) is 7.53. The van der Waals surface area contributed by atoms with Gasteiger partial charge in [0.25, 0.3) is 11.5 Å². The maximum Gasteiger partial charge on any atom is 0.416 e. The Morgan fingerprint density at radius 2 is 1.80 bits per heavy atom. The molecule has 3 aromatic heterocycles. The second kappa shape index (κ2) is 15.9. The molecule has 3 N–H and O–H groups in total. The van der Waals surface area contributed by atoms with Crippen molar-refractivity contribution < 1.29 is 32.7 Å². The Bertz CT molecular complexity index is 2550. The first kappa shape index (κ1) is 40.8. The quantitative estimate of drug-likeness (QED) is 0.210. The van der Waals surface area contributed by atoms with Crippen LogP contribution in [0, 0.1) is 0 Å². The zero-order valence-corrected chi connectivity index (χ0v) is 33.6. The Kier molecular flexibility index (Phi) is 10.8. The lowest BCUT2D eigenvalue weighted by atomic mass is 9.66. The molecule has 1 aliphatic carbocycles. The SMILES string of the molecule is CN(C)C(=O)N1CCNCC1c1ccc(-c2nc3n(CC(=O)Nc4ccc(C(F)(F)F)cc4Cl)c4c(c(=O)n3n2)C2(CCC4)CCN(C(=O)c3ncccc3O)CC2)cc1. The summed E-state index contributed by atoms with van der Waals surface area (Å²) in [7, 11) is 3.42. The van der Waals surface area contributed by atoms with Crippen LogP contribution in [0.5, 0.6) is 5.75 Å². The summed E-state index contributed by atoms with van der Waals surface area (Å²) >= 11 is 6.20. The summed E-state index contributed by atoms with van der Waals surface area (Å²) in [6.07, 6.45) is -0.637. The molecule has 1 unspecified atom stereocenters. The van der Waals surface area contributed by atoms with Gasteiger partial charge in [0.15, 0.2) is 11.5 Å². The molecule has 0 bridgehead atoms. The van der Waals surface area contributed by atoms with Gasteiger partial charge in [0, 0.05) is 75.3 Å². The van der Waals surface area contributed by atoms with Crippen molar-refractivity contribution in [3.63, 3.8) is 0 Å². The lowest BCUT2D eigenvalue weighted by Crippen LogP contribution is -2.51. The van der Waals surface area contributed by atoms with E-state index in [1.54, 1.807) is 28.5 Å². The number of rotatable bonds is 6. The fourth-order valence-electron chi connectivity index (χ4n) is 8.72. The number of carbonyl (C=O) groups is 3. The molecule has 2 aliphatic heterocycles. The van der Waals surface area contributed by atoms with Gasteiger partial charge in [-0.2, -0.15) is 22.7 Å². The minimum Gasteiger partial charge on any atom is -0.505 e. The van der Waals surface area contributed by atoms with E-state index in [-0.39, 0.29) is 65.5 Å². The minimum absolute atomic E-state index is 0.0192. The molecule has 1 spiro atoms. The molecule has 19 heteroatoms. The van der Waals surface area contributed by atoms with Crippen molar-refractivity contribution in [1.29, 1.82) is 0 Å². The second-order valence-electron chi connectivity index (χ2n) is 15.6. The van der Waals surface area contributed by atoms with Crippen molar-refractivity contribution in [2.24, 2.45) is 0 Å². The maximum atomic E-state index is 14.7. The molecule has 5 aromatic rings. The molecular weight excluding hydrogens is 805 g/mol. The number of amides is 4. The van der Waals surface area contributed by atoms with Crippen LogP contribution in [0.25, 0.3) is 17.2 Å². The third-order valence-corrected chi connectivity index (χ3v) is 12.1. The van der Waals surface area contributed by atoms with Gasteiger partial charge in [-0.25, -0.2) is 9.78 Å². The number of anilines is 1. The average Bonchev–Trinajstić information content (AvgIpc) is 3.69. The van der Waals surface area contributed by atoms with E-state index in [2.05, 4.69) is 15.6 Å². The molecule has 4 amide bonds. The Hall–Kier alpha value is -6.01. The summed E-state index contributed by atoms with van der Waals surface area (Å²) in [5.41, 5.74) is 0.406. The first-order valence-electron chi connectivity index (χ1n) is 19.6. The molecule has 3 aliphatic rings. The van der Waals surface area contributed by atoms with Gasteiger partial charge in [-0.15, -0.1) is 5.10 Å². The largest absolute Gasteiger partial charge is 0.505 e. The molecule has 2 saturated heterocycles. The number of carbonyl (C=O) groups excluding carboxylic acids is 3. The predicted octanol–water partition coefficient (Wildman–Crippen LogP) is 5.11. The number of fused-ring (bicyclic) bond motifs is 3. The third-order valence-electron chi connectivity index (χ3n) is 11.7. The van der Waals surface area contributed by atoms with E-state index in [1.807, 2.05) is 29.2 Å². The van der Waals surface area contributed by atoms with Gasteiger partial charge in [-0.05, 0) is 68.0 Å². The number of aromatic nitrogens is 5. The number of hydrogen-bond acceptors (Lipinski definition) is 9. The van der Waals surface area contributed by atoms with E-state index < -0.39 is 34.5 Å². The van der Waals surface area contributed by atoms with Crippen LogP contribution in [0.15, 0.2) is 65.6 Å². The highest BCUT2D eigenvalue weighted by molar-refractivity contribution is 6.33. The molecule has 0 radical (unpaired) electrons. The average molecular weight is 847 g/mol. The Balaban J connectivity index is 1.16. The smallest absolute Gasteiger partial charge is 0.416 e. The summed E-state index contributed by atoms with van der Waals surface area (Å²) < 4.78 is 42.9. The number of benzene rings is 2. The van der Waals surface area contributed by atoms with Gasteiger partial charge >= 0.3 is 12.2 Å². The van der Waals surface area contributed by atoms with Crippen molar-refractivity contribution in [2.75, 3.05) is 52.1 Å². The molecule has 5 heterocycles. The highest BCUT2D eigenvalue weighted by Crippen LogP contribution is 2.44. The predicted molar refractivity (Wildman–Crippen MR) is 215 cm³/mol. The van der Waals surface area contributed by atoms with Crippen molar-refractivity contribution in [2.45, 2.75) is 56.3 Å². The Morgan fingerprint density at radius 3 is 2.48 bits per heavy atom.